The van der Waals surface area contributed by atoms with Gasteiger partial charge in [-0.2, -0.15) is 0 Å². The van der Waals surface area contributed by atoms with Crippen LogP contribution < -0.4 is 5.32 Å². The summed E-state index contributed by atoms with van der Waals surface area (Å²) in [4.78, 5) is 2.61. The summed E-state index contributed by atoms with van der Waals surface area (Å²) < 4.78 is 0. The molecule has 0 spiro atoms. The van der Waals surface area contributed by atoms with Gasteiger partial charge in [0, 0.05) is 25.7 Å². The maximum atomic E-state index is 3.48. The molecule has 0 radical (unpaired) electrons. The van der Waals surface area contributed by atoms with Gasteiger partial charge in [0.2, 0.25) is 0 Å². The number of hydrogen-bond acceptors (Lipinski definition) is 2. The van der Waals surface area contributed by atoms with E-state index in [9.17, 15) is 0 Å². The Balaban J connectivity index is 1.56. The van der Waals surface area contributed by atoms with Crippen molar-refractivity contribution in [2.24, 2.45) is 5.92 Å². The first-order valence-corrected chi connectivity index (χ1v) is 5.80. The smallest absolute Gasteiger partial charge is 0.0167 e. The third-order valence-corrected chi connectivity index (χ3v) is 3.24. The Bertz CT molecular complexity index is 154. The van der Waals surface area contributed by atoms with Crippen molar-refractivity contribution < 1.29 is 0 Å². The first-order chi connectivity index (χ1) is 6.34. The van der Waals surface area contributed by atoms with Gasteiger partial charge in [0.1, 0.15) is 0 Å². The number of rotatable bonds is 4. The van der Waals surface area contributed by atoms with Gasteiger partial charge in [-0.05, 0) is 32.2 Å². The van der Waals surface area contributed by atoms with E-state index < -0.39 is 0 Å². The number of piperazine rings is 1. The van der Waals surface area contributed by atoms with Crippen LogP contribution in [-0.2, 0) is 0 Å². The molecule has 2 heteroatoms. The first-order valence-electron chi connectivity index (χ1n) is 5.80. The second kappa shape index (κ2) is 4.43. The Kier molecular flexibility index (Phi) is 3.23. The Labute approximate surface area is 81.7 Å². The highest BCUT2D eigenvalue weighted by atomic mass is 15.2. The maximum Gasteiger partial charge on any atom is 0.0167 e. The van der Waals surface area contributed by atoms with E-state index in [0.29, 0.717) is 6.04 Å². The summed E-state index contributed by atoms with van der Waals surface area (Å²) in [6.45, 7) is 7.32. The molecule has 1 heterocycles. The molecule has 2 fully saturated rings. The molecule has 2 aliphatic rings. The van der Waals surface area contributed by atoms with Gasteiger partial charge in [0.05, 0.1) is 0 Å². The summed E-state index contributed by atoms with van der Waals surface area (Å²) >= 11 is 0. The second-order valence-electron chi connectivity index (χ2n) is 4.74. The van der Waals surface area contributed by atoms with Gasteiger partial charge < -0.3 is 10.2 Å². The predicted molar refractivity (Wildman–Crippen MR) is 55.9 cm³/mol. The molecule has 1 saturated heterocycles. The van der Waals surface area contributed by atoms with Crippen LogP contribution in [0.15, 0.2) is 0 Å². The van der Waals surface area contributed by atoms with Gasteiger partial charge in [0.15, 0.2) is 0 Å². The zero-order valence-corrected chi connectivity index (χ0v) is 8.76. The van der Waals surface area contributed by atoms with E-state index in [1.807, 2.05) is 0 Å². The molecule has 1 unspecified atom stereocenters. The van der Waals surface area contributed by atoms with Crippen LogP contribution >= 0.6 is 0 Å². The van der Waals surface area contributed by atoms with Crippen LogP contribution in [0.3, 0.4) is 0 Å². The van der Waals surface area contributed by atoms with Gasteiger partial charge >= 0.3 is 0 Å². The summed E-state index contributed by atoms with van der Waals surface area (Å²) in [7, 11) is 0. The number of nitrogens with zero attached hydrogens (tertiary/aromatic N) is 1. The van der Waals surface area contributed by atoms with Gasteiger partial charge in [-0.15, -0.1) is 0 Å². The predicted octanol–water partition coefficient (Wildman–Crippen LogP) is 1.47. The minimum atomic E-state index is 0.703. The molecule has 1 aliphatic carbocycles. The number of nitrogens with one attached hydrogen (secondary N) is 1. The van der Waals surface area contributed by atoms with Crippen molar-refractivity contribution in [2.45, 2.75) is 38.6 Å². The van der Waals surface area contributed by atoms with Gasteiger partial charge in [-0.25, -0.2) is 0 Å². The lowest BCUT2D eigenvalue weighted by Gasteiger charge is -2.31. The molecule has 0 amide bonds. The average molecular weight is 182 g/mol. The Morgan fingerprint density at radius 2 is 2.23 bits per heavy atom. The molecule has 13 heavy (non-hydrogen) atoms. The fraction of sp³-hybridized carbons (Fsp3) is 1.00. The zero-order valence-electron chi connectivity index (χ0n) is 8.76. The molecule has 76 valence electrons. The van der Waals surface area contributed by atoms with E-state index in [-0.39, 0.29) is 0 Å². The largest absolute Gasteiger partial charge is 0.312 e. The molecule has 0 aromatic heterocycles. The fourth-order valence-electron chi connectivity index (χ4n) is 2.23. The number of hydrogen-bond donors (Lipinski definition) is 1. The summed E-state index contributed by atoms with van der Waals surface area (Å²) in [5, 5.41) is 3.48. The van der Waals surface area contributed by atoms with E-state index in [1.54, 1.807) is 0 Å². The summed E-state index contributed by atoms with van der Waals surface area (Å²) in [6.07, 6.45) is 5.94. The molecular weight excluding hydrogens is 160 g/mol. The van der Waals surface area contributed by atoms with Crippen molar-refractivity contribution in [3.05, 3.63) is 0 Å². The quantitative estimate of drug-likeness (QED) is 0.708. The molecule has 0 aromatic carbocycles. The van der Waals surface area contributed by atoms with Crippen molar-refractivity contribution in [3.8, 4) is 0 Å². The van der Waals surface area contributed by atoms with Crippen molar-refractivity contribution in [1.82, 2.24) is 10.2 Å². The summed E-state index contributed by atoms with van der Waals surface area (Å²) in [6, 6.07) is 0.703. The topological polar surface area (TPSA) is 15.3 Å². The first kappa shape index (κ1) is 9.47. The fourth-order valence-corrected chi connectivity index (χ4v) is 2.23. The molecule has 1 N–H and O–H groups in total. The van der Waals surface area contributed by atoms with Gasteiger partial charge in [-0.1, -0.05) is 12.8 Å². The standard InChI is InChI=1S/C11H22N2/c1-10-9-13(8-6-12-10)7-2-3-11-4-5-11/h10-12H,2-9H2,1H3. The normalized spacial score (nSPS) is 30.7. The molecule has 0 bridgehead atoms. The van der Waals surface area contributed by atoms with Crippen molar-refractivity contribution in [3.63, 3.8) is 0 Å². The monoisotopic (exact) mass is 182 g/mol. The molecule has 2 rings (SSSR count). The average Bonchev–Trinajstić information content (AvgIpc) is 2.88. The second-order valence-corrected chi connectivity index (χ2v) is 4.74. The van der Waals surface area contributed by atoms with E-state index >= 15 is 0 Å². The van der Waals surface area contributed by atoms with Crippen molar-refractivity contribution in [2.75, 3.05) is 26.2 Å². The molecule has 1 atom stereocenters. The van der Waals surface area contributed by atoms with Crippen LogP contribution in [0.25, 0.3) is 0 Å². The molecule has 2 nitrogen and oxygen atoms in total. The Morgan fingerprint density at radius 1 is 1.38 bits per heavy atom. The molecule has 1 saturated carbocycles. The van der Waals surface area contributed by atoms with Gasteiger partial charge in [-0.3, -0.25) is 0 Å². The summed E-state index contributed by atoms with van der Waals surface area (Å²) in [5.41, 5.74) is 0. The van der Waals surface area contributed by atoms with Crippen LogP contribution in [0.2, 0.25) is 0 Å². The lowest BCUT2D eigenvalue weighted by atomic mass is 10.2. The third kappa shape index (κ3) is 3.28. The van der Waals surface area contributed by atoms with Gasteiger partial charge in [0.25, 0.3) is 0 Å². The SMILES string of the molecule is CC1CN(CCCC2CC2)CCN1. The minimum absolute atomic E-state index is 0.703. The lowest BCUT2D eigenvalue weighted by molar-refractivity contribution is 0.203. The molecule has 0 aromatic rings. The van der Waals surface area contributed by atoms with Crippen molar-refractivity contribution in [1.29, 1.82) is 0 Å². The maximum absolute atomic E-state index is 3.48. The van der Waals surface area contributed by atoms with Crippen LogP contribution in [0.5, 0.6) is 0 Å². The third-order valence-electron chi connectivity index (χ3n) is 3.24. The zero-order chi connectivity index (χ0) is 9.10. The Morgan fingerprint density at radius 3 is 2.92 bits per heavy atom. The lowest BCUT2D eigenvalue weighted by Crippen LogP contribution is -2.49. The molecule has 1 aliphatic heterocycles. The van der Waals surface area contributed by atoms with E-state index in [1.165, 1.54) is 51.9 Å². The van der Waals surface area contributed by atoms with E-state index in [2.05, 4.69) is 17.1 Å². The Hall–Kier alpha value is -0.0800. The van der Waals surface area contributed by atoms with Crippen LogP contribution in [0.4, 0.5) is 0 Å². The van der Waals surface area contributed by atoms with E-state index in [4.69, 9.17) is 0 Å². The molecular formula is C11H22N2. The minimum Gasteiger partial charge on any atom is -0.312 e. The van der Waals surface area contributed by atoms with Crippen LogP contribution in [0.1, 0.15) is 32.6 Å². The van der Waals surface area contributed by atoms with E-state index in [0.717, 1.165) is 5.92 Å². The highest BCUT2D eigenvalue weighted by molar-refractivity contribution is 4.77. The van der Waals surface area contributed by atoms with Crippen LogP contribution in [-0.4, -0.2) is 37.1 Å². The highest BCUT2D eigenvalue weighted by Gasteiger charge is 2.21. The summed E-state index contributed by atoms with van der Waals surface area (Å²) in [5.74, 6) is 1.11. The van der Waals surface area contributed by atoms with Crippen LogP contribution in [0, 0.1) is 5.92 Å². The van der Waals surface area contributed by atoms with Crippen molar-refractivity contribution >= 4 is 0 Å². The highest BCUT2D eigenvalue weighted by Crippen LogP contribution is 2.33.